The summed E-state index contributed by atoms with van der Waals surface area (Å²) >= 11 is 0. The number of pyridine rings is 1. The van der Waals surface area contributed by atoms with Crippen LogP contribution >= 0.6 is 24.8 Å². The van der Waals surface area contributed by atoms with E-state index >= 15 is 0 Å². The van der Waals surface area contributed by atoms with E-state index in [1.165, 1.54) is 0 Å². The van der Waals surface area contributed by atoms with Gasteiger partial charge in [0.05, 0.1) is 6.04 Å². The summed E-state index contributed by atoms with van der Waals surface area (Å²) in [6.45, 7) is 1.70. The molecule has 4 N–H and O–H groups in total. The SMILES string of the molecule is Cl.Cl.NC(C(=O)NCc1ccc(C(=O)Nc2ccncc2)cc1)C1CCOCC1. The van der Waals surface area contributed by atoms with Crippen molar-refractivity contribution in [2.75, 3.05) is 18.5 Å². The summed E-state index contributed by atoms with van der Waals surface area (Å²) in [6.07, 6.45) is 4.87. The zero-order valence-electron chi connectivity index (χ0n) is 15.9. The zero-order valence-corrected chi connectivity index (χ0v) is 17.5. The van der Waals surface area contributed by atoms with Crippen LogP contribution in [0, 0.1) is 5.92 Å². The first-order valence-electron chi connectivity index (χ1n) is 9.05. The number of nitrogens with zero attached hydrogens (tertiary/aromatic N) is 1. The molecule has 1 aliphatic heterocycles. The molecule has 1 atom stereocenters. The third-order valence-corrected chi connectivity index (χ3v) is 4.70. The molecule has 0 spiro atoms. The molecule has 3 rings (SSSR count). The van der Waals surface area contributed by atoms with Gasteiger partial charge in [0.15, 0.2) is 0 Å². The molecule has 1 aromatic heterocycles. The summed E-state index contributed by atoms with van der Waals surface area (Å²) in [7, 11) is 0. The maximum Gasteiger partial charge on any atom is 0.255 e. The fourth-order valence-electron chi connectivity index (χ4n) is 3.01. The molecule has 158 valence electrons. The van der Waals surface area contributed by atoms with Gasteiger partial charge in [-0.05, 0) is 48.6 Å². The highest BCUT2D eigenvalue weighted by Gasteiger charge is 2.26. The Morgan fingerprint density at radius 1 is 1.07 bits per heavy atom. The first-order valence-corrected chi connectivity index (χ1v) is 9.05. The van der Waals surface area contributed by atoms with Crippen molar-refractivity contribution in [3.63, 3.8) is 0 Å². The Labute approximate surface area is 182 Å². The van der Waals surface area contributed by atoms with Crippen LogP contribution in [0.3, 0.4) is 0 Å². The van der Waals surface area contributed by atoms with Crippen LogP contribution in [0.4, 0.5) is 5.69 Å². The lowest BCUT2D eigenvalue weighted by atomic mass is 9.92. The van der Waals surface area contributed by atoms with E-state index in [0.29, 0.717) is 31.0 Å². The van der Waals surface area contributed by atoms with Gasteiger partial charge in [0.25, 0.3) is 5.91 Å². The number of benzene rings is 1. The smallest absolute Gasteiger partial charge is 0.255 e. The monoisotopic (exact) mass is 440 g/mol. The molecule has 9 heteroatoms. The van der Waals surface area contributed by atoms with Gasteiger partial charge in [0.1, 0.15) is 0 Å². The number of aromatic nitrogens is 1. The van der Waals surface area contributed by atoms with Crippen molar-refractivity contribution < 1.29 is 14.3 Å². The minimum Gasteiger partial charge on any atom is -0.381 e. The second-order valence-electron chi connectivity index (χ2n) is 6.58. The molecule has 1 aromatic carbocycles. The number of rotatable bonds is 6. The van der Waals surface area contributed by atoms with Crippen LogP contribution in [-0.4, -0.2) is 36.1 Å². The van der Waals surface area contributed by atoms with Crippen molar-refractivity contribution in [1.82, 2.24) is 10.3 Å². The van der Waals surface area contributed by atoms with Crippen molar-refractivity contribution in [1.29, 1.82) is 0 Å². The van der Waals surface area contributed by atoms with Crippen LogP contribution < -0.4 is 16.4 Å². The summed E-state index contributed by atoms with van der Waals surface area (Å²) in [6, 6.07) is 10.0. The lowest BCUT2D eigenvalue weighted by Crippen LogP contribution is -2.46. The van der Waals surface area contributed by atoms with Crippen molar-refractivity contribution in [2.24, 2.45) is 11.7 Å². The Morgan fingerprint density at radius 2 is 1.69 bits per heavy atom. The predicted molar refractivity (Wildman–Crippen MR) is 116 cm³/mol. The van der Waals surface area contributed by atoms with Crippen LogP contribution in [0.2, 0.25) is 0 Å². The van der Waals surface area contributed by atoms with Crippen LogP contribution in [-0.2, 0) is 16.1 Å². The average molecular weight is 441 g/mol. The molecule has 1 fully saturated rings. The van der Waals surface area contributed by atoms with Crippen molar-refractivity contribution in [3.8, 4) is 0 Å². The highest BCUT2D eigenvalue weighted by Crippen LogP contribution is 2.17. The fraction of sp³-hybridized carbons (Fsp3) is 0.350. The number of halogens is 2. The van der Waals surface area contributed by atoms with E-state index in [0.717, 1.165) is 18.4 Å². The molecule has 2 amide bonds. The van der Waals surface area contributed by atoms with Gasteiger partial charge in [-0.1, -0.05) is 12.1 Å². The molecular formula is C20H26Cl2N4O3. The number of carbonyl (C=O) groups excluding carboxylic acids is 2. The van der Waals surface area contributed by atoms with Gasteiger partial charge >= 0.3 is 0 Å². The molecule has 0 saturated carbocycles. The molecule has 7 nitrogen and oxygen atoms in total. The number of nitrogens with one attached hydrogen (secondary N) is 2. The van der Waals surface area contributed by atoms with E-state index < -0.39 is 6.04 Å². The minimum atomic E-state index is -0.515. The average Bonchev–Trinajstić information content (AvgIpc) is 2.73. The van der Waals surface area contributed by atoms with Gasteiger partial charge in [-0.2, -0.15) is 0 Å². The number of hydrogen-bond donors (Lipinski definition) is 3. The summed E-state index contributed by atoms with van der Waals surface area (Å²) in [4.78, 5) is 28.4. The van der Waals surface area contributed by atoms with E-state index in [-0.39, 0.29) is 42.5 Å². The fourth-order valence-corrected chi connectivity index (χ4v) is 3.01. The third kappa shape index (κ3) is 7.29. The number of hydrogen-bond acceptors (Lipinski definition) is 5. The highest BCUT2D eigenvalue weighted by molar-refractivity contribution is 6.04. The molecular weight excluding hydrogens is 415 g/mol. The van der Waals surface area contributed by atoms with E-state index in [4.69, 9.17) is 10.5 Å². The van der Waals surface area contributed by atoms with Crippen molar-refractivity contribution in [2.45, 2.75) is 25.4 Å². The lowest BCUT2D eigenvalue weighted by Gasteiger charge is -2.26. The maximum atomic E-state index is 12.2. The molecule has 2 aromatic rings. The summed E-state index contributed by atoms with van der Waals surface area (Å²) in [5.74, 6) is -0.183. The van der Waals surface area contributed by atoms with Gasteiger partial charge in [-0.15, -0.1) is 24.8 Å². The number of anilines is 1. The van der Waals surface area contributed by atoms with Gasteiger partial charge in [-0.3, -0.25) is 14.6 Å². The van der Waals surface area contributed by atoms with Crippen LogP contribution in [0.25, 0.3) is 0 Å². The van der Waals surface area contributed by atoms with Crippen molar-refractivity contribution in [3.05, 3.63) is 59.9 Å². The normalized spacial score (nSPS) is 14.7. The van der Waals surface area contributed by atoms with Crippen LogP contribution in [0.15, 0.2) is 48.8 Å². The number of amides is 2. The van der Waals surface area contributed by atoms with Crippen LogP contribution in [0.1, 0.15) is 28.8 Å². The lowest BCUT2D eigenvalue weighted by molar-refractivity contribution is -0.124. The van der Waals surface area contributed by atoms with E-state index in [9.17, 15) is 9.59 Å². The van der Waals surface area contributed by atoms with E-state index in [1.807, 2.05) is 12.1 Å². The molecule has 1 saturated heterocycles. The Morgan fingerprint density at radius 3 is 2.31 bits per heavy atom. The topological polar surface area (TPSA) is 106 Å². The van der Waals surface area contributed by atoms with Gasteiger partial charge in [0.2, 0.25) is 5.91 Å². The van der Waals surface area contributed by atoms with E-state index in [2.05, 4.69) is 15.6 Å². The molecule has 0 radical (unpaired) electrons. The highest BCUT2D eigenvalue weighted by atomic mass is 35.5. The molecule has 0 aliphatic carbocycles. The molecule has 1 unspecified atom stereocenters. The number of nitrogens with two attached hydrogens (primary N) is 1. The Bertz CT molecular complexity index is 769. The number of ether oxygens (including phenoxy) is 1. The quantitative estimate of drug-likeness (QED) is 0.639. The largest absolute Gasteiger partial charge is 0.381 e. The Balaban J connectivity index is 0.00000210. The van der Waals surface area contributed by atoms with Crippen molar-refractivity contribution >= 4 is 42.3 Å². The van der Waals surface area contributed by atoms with Gasteiger partial charge in [-0.25, -0.2) is 0 Å². The van der Waals surface area contributed by atoms with Gasteiger partial charge < -0.3 is 21.1 Å². The first-order chi connectivity index (χ1) is 13.1. The summed E-state index contributed by atoms with van der Waals surface area (Å²) in [5, 5.41) is 5.68. The second kappa shape index (κ2) is 12.4. The zero-order chi connectivity index (χ0) is 19.1. The predicted octanol–water partition coefficient (Wildman–Crippen LogP) is 2.55. The molecule has 0 bridgehead atoms. The molecule has 2 heterocycles. The van der Waals surface area contributed by atoms with Gasteiger partial charge in [0, 0.05) is 43.4 Å². The Hall–Kier alpha value is -2.19. The number of carbonyl (C=O) groups is 2. The first kappa shape index (κ1) is 24.8. The third-order valence-electron chi connectivity index (χ3n) is 4.70. The Kier molecular flexibility index (Phi) is 10.6. The molecule has 1 aliphatic rings. The van der Waals surface area contributed by atoms with E-state index in [1.54, 1.807) is 36.7 Å². The second-order valence-corrected chi connectivity index (χ2v) is 6.58. The summed E-state index contributed by atoms with van der Waals surface area (Å²) in [5.41, 5.74) is 8.20. The van der Waals surface area contributed by atoms with Crippen LogP contribution in [0.5, 0.6) is 0 Å². The standard InChI is InChI=1S/C20H24N4O3.2ClH/c21-18(15-7-11-27-12-8-15)20(26)23-13-14-1-3-16(4-2-14)19(25)24-17-5-9-22-10-6-17;;/h1-6,9-10,15,18H,7-8,11-13,21H2,(H,23,26)(H,22,24,25);2*1H. The maximum absolute atomic E-state index is 12.2. The minimum absolute atomic E-state index is 0. The molecule has 29 heavy (non-hydrogen) atoms. The summed E-state index contributed by atoms with van der Waals surface area (Å²) < 4.78 is 5.30.